The maximum absolute atomic E-state index is 5.56. The second kappa shape index (κ2) is 5.50. The minimum absolute atomic E-state index is 0.296. The molecule has 5 heteroatoms. The van der Waals surface area contributed by atoms with Crippen LogP contribution in [0.1, 0.15) is 13.8 Å². The van der Waals surface area contributed by atoms with Crippen LogP contribution in [0.25, 0.3) is 0 Å². The third-order valence-electron chi connectivity index (χ3n) is 0.798. The van der Waals surface area contributed by atoms with Crippen molar-refractivity contribution in [3.63, 3.8) is 0 Å². The molecular formula is C5H12ClO2PS. The highest BCUT2D eigenvalue weighted by Gasteiger charge is 2.14. The number of rotatable bonds is 5. The first-order chi connectivity index (χ1) is 4.68. The molecule has 0 aliphatic rings. The number of halogens is 1. The molecule has 0 heterocycles. The minimum Gasteiger partial charge on any atom is -0.329 e. The Morgan fingerprint density at radius 2 is 1.70 bits per heavy atom. The molecular weight excluding hydrogens is 191 g/mol. The Hall–Kier alpha value is 0.860. The molecule has 0 saturated carbocycles. The molecule has 0 aromatic heterocycles. The van der Waals surface area contributed by atoms with E-state index in [1.165, 1.54) is 0 Å². The van der Waals surface area contributed by atoms with Crippen molar-refractivity contribution in [3.8, 4) is 0 Å². The molecule has 0 atom stereocenters. The SMILES string of the molecule is CCOP(=S)(CCl)OCC. The summed E-state index contributed by atoms with van der Waals surface area (Å²) in [5.41, 5.74) is 0.296. The Balaban J connectivity index is 3.83. The van der Waals surface area contributed by atoms with Gasteiger partial charge in [0.1, 0.15) is 0 Å². The van der Waals surface area contributed by atoms with Crippen molar-refractivity contribution in [1.82, 2.24) is 0 Å². The molecule has 0 aliphatic heterocycles. The van der Waals surface area contributed by atoms with Crippen LogP contribution < -0.4 is 0 Å². The Kier molecular flexibility index (Phi) is 5.98. The van der Waals surface area contributed by atoms with E-state index in [1.54, 1.807) is 0 Å². The molecule has 0 bridgehead atoms. The van der Waals surface area contributed by atoms with Crippen molar-refractivity contribution in [1.29, 1.82) is 0 Å². The molecule has 2 nitrogen and oxygen atoms in total. The summed E-state index contributed by atoms with van der Waals surface area (Å²) in [6, 6.07) is 0. The smallest absolute Gasteiger partial charge is 0.203 e. The second-order valence-corrected chi connectivity index (χ2v) is 5.93. The van der Waals surface area contributed by atoms with Gasteiger partial charge in [0.25, 0.3) is 0 Å². The van der Waals surface area contributed by atoms with E-state index in [9.17, 15) is 0 Å². The van der Waals surface area contributed by atoms with Gasteiger partial charge in [-0.2, -0.15) is 0 Å². The zero-order valence-electron chi connectivity index (χ0n) is 6.17. The number of hydrogen-bond acceptors (Lipinski definition) is 3. The van der Waals surface area contributed by atoms with Crippen molar-refractivity contribution in [2.24, 2.45) is 0 Å². The van der Waals surface area contributed by atoms with E-state index in [0.29, 0.717) is 18.8 Å². The van der Waals surface area contributed by atoms with Gasteiger partial charge in [0.2, 0.25) is 6.49 Å². The fourth-order valence-corrected chi connectivity index (χ4v) is 2.55. The van der Waals surface area contributed by atoms with Gasteiger partial charge in [0, 0.05) is 0 Å². The summed E-state index contributed by atoms with van der Waals surface area (Å²) in [5, 5.41) is 0. The third-order valence-corrected chi connectivity index (χ3v) is 4.78. The molecule has 10 heavy (non-hydrogen) atoms. The van der Waals surface area contributed by atoms with Crippen LogP contribution in [0.5, 0.6) is 0 Å². The molecule has 0 saturated heterocycles. The number of alkyl halides is 1. The van der Waals surface area contributed by atoms with E-state index in [1.807, 2.05) is 13.8 Å². The Bertz CT molecular complexity index is 121. The van der Waals surface area contributed by atoms with Crippen molar-refractivity contribution in [3.05, 3.63) is 0 Å². The summed E-state index contributed by atoms with van der Waals surface area (Å²) >= 11 is 10.6. The fourth-order valence-electron chi connectivity index (χ4n) is 0.500. The van der Waals surface area contributed by atoms with Crippen molar-refractivity contribution in [2.45, 2.75) is 13.8 Å². The molecule has 0 rings (SSSR count). The standard InChI is InChI=1S/C5H12ClO2PS/c1-3-7-9(10,5-6)8-4-2/h3-5H2,1-2H3. The van der Waals surface area contributed by atoms with Gasteiger partial charge in [0.05, 0.1) is 18.8 Å². The van der Waals surface area contributed by atoms with Crippen LogP contribution in [0.15, 0.2) is 0 Å². The van der Waals surface area contributed by atoms with Crippen LogP contribution in [0.4, 0.5) is 0 Å². The monoisotopic (exact) mass is 202 g/mol. The maximum Gasteiger partial charge on any atom is 0.203 e. The quantitative estimate of drug-likeness (QED) is 0.504. The van der Waals surface area contributed by atoms with Gasteiger partial charge in [-0.15, -0.1) is 11.6 Å². The summed E-state index contributed by atoms with van der Waals surface area (Å²) in [4.78, 5) is 0. The lowest BCUT2D eigenvalue weighted by Crippen LogP contribution is -1.95. The van der Waals surface area contributed by atoms with Crippen LogP contribution in [0.2, 0.25) is 0 Å². The van der Waals surface area contributed by atoms with Crippen LogP contribution in [-0.4, -0.2) is 18.8 Å². The van der Waals surface area contributed by atoms with E-state index in [-0.39, 0.29) is 0 Å². The van der Waals surface area contributed by atoms with Gasteiger partial charge in [0.15, 0.2) is 0 Å². The summed E-state index contributed by atoms with van der Waals surface area (Å²) in [7, 11) is 0. The second-order valence-electron chi connectivity index (χ2n) is 1.57. The molecule has 62 valence electrons. The Morgan fingerprint density at radius 1 is 1.30 bits per heavy atom. The van der Waals surface area contributed by atoms with Gasteiger partial charge < -0.3 is 9.05 Å². The first-order valence-electron chi connectivity index (χ1n) is 3.12. The summed E-state index contributed by atoms with van der Waals surface area (Å²) in [6.07, 6.45) is 0. The Morgan fingerprint density at radius 3 is 1.90 bits per heavy atom. The summed E-state index contributed by atoms with van der Waals surface area (Å²) in [6.45, 7) is 2.81. The fraction of sp³-hybridized carbons (Fsp3) is 1.00. The lowest BCUT2D eigenvalue weighted by atomic mass is 10.9. The topological polar surface area (TPSA) is 18.5 Å². The number of hydrogen-bond donors (Lipinski definition) is 0. The molecule has 0 amide bonds. The van der Waals surface area contributed by atoms with Crippen LogP contribution in [0, 0.1) is 0 Å². The Labute approximate surface area is 72.0 Å². The van der Waals surface area contributed by atoms with Gasteiger partial charge >= 0.3 is 0 Å². The van der Waals surface area contributed by atoms with Gasteiger partial charge in [-0.1, -0.05) is 0 Å². The molecule has 0 radical (unpaired) electrons. The lowest BCUT2D eigenvalue weighted by Gasteiger charge is -2.17. The van der Waals surface area contributed by atoms with E-state index >= 15 is 0 Å². The van der Waals surface area contributed by atoms with Gasteiger partial charge in [-0.05, 0) is 25.7 Å². The summed E-state index contributed by atoms with van der Waals surface area (Å²) in [5.74, 6) is 0. The van der Waals surface area contributed by atoms with Crippen LogP contribution in [0.3, 0.4) is 0 Å². The zero-order chi connectivity index (χ0) is 8.04. The first-order valence-corrected chi connectivity index (χ1v) is 6.48. The molecule has 0 aromatic rings. The maximum atomic E-state index is 5.56. The lowest BCUT2D eigenvalue weighted by molar-refractivity contribution is 0.270. The molecule has 0 aromatic carbocycles. The normalized spacial score (nSPS) is 11.9. The molecule has 0 fully saturated rings. The molecule has 0 aliphatic carbocycles. The average Bonchev–Trinajstić information content (AvgIpc) is 1.89. The van der Waals surface area contributed by atoms with E-state index in [0.717, 1.165) is 0 Å². The van der Waals surface area contributed by atoms with Crippen molar-refractivity contribution in [2.75, 3.05) is 18.8 Å². The molecule has 0 spiro atoms. The highest BCUT2D eigenvalue weighted by molar-refractivity contribution is 8.10. The van der Waals surface area contributed by atoms with Gasteiger partial charge in [-0.25, -0.2) is 0 Å². The molecule has 0 N–H and O–H groups in total. The van der Waals surface area contributed by atoms with Crippen molar-refractivity contribution < 1.29 is 9.05 Å². The summed E-state index contributed by atoms with van der Waals surface area (Å²) < 4.78 is 10.4. The van der Waals surface area contributed by atoms with E-state index in [2.05, 4.69) is 0 Å². The average molecular weight is 203 g/mol. The largest absolute Gasteiger partial charge is 0.329 e. The highest BCUT2D eigenvalue weighted by atomic mass is 35.5. The van der Waals surface area contributed by atoms with Gasteiger partial charge in [-0.3, -0.25) is 0 Å². The molecule has 0 unspecified atom stereocenters. The van der Waals surface area contributed by atoms with E-state index in [4.69, 9.17) is 32.5 Å². The predicted molar refractivity (Wildman–Crippen MR) is 48.3 cm³/mol. The van der Waals surface area contributed by atoms with Crippen molar-refractivity contribution >= 4 is 29.9 Å². The first kappa shape index (κ1) is 10.9. The zero-order valence-corrected chi connectivity index (χ0v) is 8.64. The van der Waals surface area contributed by atoms with Crippen LogP contribution in [-0.2, 0) is 20.9 Å². The minimum atomic E-state index is -2.10. The third kappa shape index (κ3) is 3.89. The van der Waals surface area contributed by atoms with E-state index < -0.39 is 6.49 Å². The highest BCUT2D eigenvalue weighted by Crippen LogP contribution is 2.49. The predicted octanol–water partition coefficient (Wildman–Crippen LogP) is 2.57. The van der Waals surface area contributed by atoms with Crippen LogP contribution >= 0.6 is 18.1 Å².